The molecule has 0 heterocycles. The summed E-state index contributed by atoms with van der Waals surface area (Å²) >= 11 is 0. The fraction of sp³-hybridized carbons (Fsp3) is 0.429. The van der Waals surface area contributed by atoms with E-state index in [0.29, 0.717) is 0 Å². The molecule has 0 aliphatic carbocycles. The van der Waals surface area contributed by atoms with Gasteiger partial charge in [-0.2, -0.15) is 6.08 Å². The van der Waals surface area contributed by atoms with Gasteiger partial charge < -0.3 is 0 Å². The molecule has 0 spiro atoms. The summed E-state index contributed by atoms with van der Waals surface area (Å²) in [7, 11) is 0.156. The van der Waals surface area contributed by atoms with Crippen LogP contribution in [0.15, 0.2) is 60.7 Å². The van der Waals surface area contributed by atoms with Crippen molar-refractivity contribution in [3.8, 4) is 11.8 Å². The van der Waals surface area contributed by atoms with Gasteiger partial charge in [0.25, 0.3) is 0 Å². The molecule has 2 aromatic carbocycles. The van der Waals surface area contributed by atoms with Gasteiger partial charge in [-0.25, -0.2) is 11.8 Å². The summed E-state index contributed by atoms with van der Waals surface area (Å²) in [6, 6.07) is 19.9. The van der Waals surface area contributed by atoms with Crippen LogP contribution in [0.25, 0.3) is 6.08 Å². The quantitative estimate of drug-likeness (QED) is 0.125. The van der Waals surface area contributed by atoms with Crippen LogP contribution in [0.4, 0.5) is 0 Å². The van der Waals surface area contributed by atoms with Crippen LogP contribution in [0.1, 0.15) is 11.1 Å². The number of rotatable bonds is 10. The molecule has 0 saturated heterocycles. The predicted molar refractivity (Wildman–Crippen MR) is 165 cm³/mol. The van der Waals surface area contributed by atoms with Gasteiger partial charge in [-0.15, -0.1) is 23.8 Å². The van der Waals surface area contributed by atoms with Gasteiger partial charge in [0.05, 0.1) is 37.0 Å². The van der Waals surface area contributed by atoms with E-state index < -0.39 is 0 Å². The van der Waals surface area contributed by atoms with E-state index in [0.717, 1.165) is 11.1 Å². The van der Waals surface area contributed by atoms with Crippen LogP contribution < -0.4 is 0 Å². The minimum absolute atomic E-state index is 0. The molecule has 180 valence electrons. The summed E-state index contributed by atoms with van der Waals surface area (Å²) in [5.41, 5.74) is 2.13. The average Bonchev–Trinajstić information content (AvgIpc) is 2.77. The Kier molecular flexibility index (Phi) is 21.3. The van der Waals surface area contributed by atoms with Crippen molar-refractivity contribution in [3.05, 3.63) is 77.9 Å². The van der Waals surface area contributed by atoms with Gasteiger partial charge in [-0.3, -0.25) is 0 Å². The summed E-state index contributed by atoms with van der Waals surface area (Å²) in [4.78, 5) is 0. The third-order valence-electron chi connectivity index (χ3n) is 5.03. The van der Waals surface area contributed by atoms with Crippen molar-refractivity contribution in [1.82, 2.24) is 0 Å². The second-order valence-electron chi connectivity index (χ2n) is 9.19. The first-order chi connectivity index (χ1) is 15.4. The second-order valence-corrected chi connectivity index (χ2v) is 20.9. The number of hydrogen-bond acceptors (Lipinski definition) is 0. The fourth-order valence-electron chi connectivity index (χ4n) is 2.95. The van der Waals surface area contributed by atoms with Crippen LogP contribution in [0.5, 0.6) is 0 Å². The van der Waals surface area contributed by atoms with Crippen molar-refractivity contribution >= 4 is 37.8 Å². The molecule has 0 bridgehead atoms. The number of benzene rings is 2. The van der Waals surface area contributed by atoms with Crippen LogP contribution in [0.2, 0.25) is 0 Å². The van der Waals surface area contributed by atoms with Gasteiger partial charge in [0.2, 0.25) is 0 Å². The molecular weight excluding hydrogens is 516 g/mol. The standard InChI is InChI=1S/C16H11.C12H30P4.Fe/c1-3-9-15(10-4-1)13-7-8-14-16-11-5-2-6-12-16;1-13(2)7-10-16(11-8-14(3)4)12-9-15(5)6;/h1-6,9-13H;7-12H2,1-6H3;/q-1;;+2/p+4. The summed E-state index contributed by atoms with van der Waals surface area (Å²) in [5, 5.41) is 0. The van der Waals surface area contributed by atoms with Crippen molar-refractivity contribution in [3.63, 3.8) is 0 Å². The minimum atomic E-state index is 0. The van der Waals surface area contributed by atoms with Crippen LogP contribution in [-0.4, -0.2) is 77.0 Å². The van der Waals surface area contributed by atoms with Crippen molar-refractivity contribution < 1.29 is 17.1 Å². The van der Waals surface area contributed by atoms with Crippen molar-refractivity contribution in [1.29, 1.82) is 0 Å². The van der Waals surface area contributed by atoms with E-state index in [-0.39, 0.29) is 48.8 Å². The van der Waals surface area contributed by atoms with E-state index in [2.05, 4.69) is 57.9 Å². The van der Waals surface area contributed by atoms with E-state index in [9.17, 15) is 0 Å². The molecule has 0 atom stereocenters. The molecule has 0 aliphatic heterocycles. The molecule has 0 unspecified atom stereocenters. The Bertz CT molecular complexity index is 764. The minimum Gasteiger partial charge on any atom is -0.219 e. The summed E-state index contributed by atoms with van der Waals surface area (Å²) in [6.45, 7) is 14.9. The van der Waals surface area contributed by atoms with E-state index >= 15 is 0 Å². The van der Waals surface area contributed by atoms with E-state index in [1.54, 1.807) is 37.0 Å². The van der Waals surface area contributed by atoms with Crippen molar-refractivity contribution in [2.75, 3.05) is 77.0 Å². The average molecular weight is 561 g/mol. The molecule has 2 aromatic rings. The third kappa shape index (κ3) is 19.9. The second kappa shape index (κ2) is 21.3. The first kappa shape index (κ1) is 33.0. The van der Waals surface area contributed by atoms with Crippen LogP contribution in [0, 0.1) is 17.9 Å². The topological polar surface area (TPSA) is 0 Å². The molecular formula is C28H45FeP4+5. The zero-order valence-corrected chi connectivity index (χ0v) is 26.6. The molecule has 2 rings (SSSR count). The Morgan fingerprint density at radius 2 is 1.06 bits per heavy atom. The van der Waals surface area contributed by atoms with Gasteiger partial charge in [-0.1, -0.05) is 48.5 Å². The Balaban J connectivity index is 0.000000602. The predicted octanol–water partition coefficient (Wildman–Crippen LogP) is 7.17. The van der Waals surface area contributed by atoms with Gasteiger partial charge in [0.15, 0.2) is 0 Å². The summed E-state index contributed by atoms with van der Waals surface area (Å²) in [5.74, 6) is 5.92. The monoisotopic (exact) mass is 561 g/mol. The Labute approximate surface area is 220 Å². The fourth-order valence-corrected chi connectivity index (χ4v) is 13.9. The molecule has 0 radical (unpaired) electrons. The Morgan fingerprint density at radius 3 is 1.48 bits per heavy atom. The molecule has 0 amide bonds. The maximum Gasteiger partial charge on any atom is 2.00 e. The Morgan fingerprint density at radius 1 is 0.636 bits per heavy atom. The number of hydrogen-bond donors (Lipinski definition) is 0. The van der Waals surface area contributed by atoms with E-state index in [4.69, 9.17) is 0 Å². The molecule has 0 N–H and O–H groups in total. The summed E-state index contributed by atoms with van der Waals surface area (Å²) in [6.07, 6.45) is 14.5. The maximum atomic E-state index is 3.02. The Hall–Kier alpha value is -0.0205. The van der Waals surface area contributed by atoms with Gasteiger partial charge >= 0.3 is 17.1 Å². The van der Waals surface area contributed by atoms with E-state index in [1.165, 1.54) is 0 Å². The van der Waals surface area contributed by atoms with Crippen LogP contribution in [-0.2, 0) is 17.1 Å². The molecule has 33 heavy (non-hydrogen) atoms. The third-order valence-corrected chi connectivity index (χ3v) is 13.1. The van der Waals surface area contributed by atoms with Gasteiger partial charge in [0, 0.05) is 47.9 Å². The zero-order valence-electron chi connectivity index (χ0n) is 21.4. The molecule has 0 fully saturated rings. The van der Waals surface area contributed by atoms with Gasteiger partial charge in [-0.05, 0) is 29.3 Å². The zero-order chi connectivity index (χ0) is 23.6. The first-order valence-electron chi connectivity index (χ1n) is 11.8. The van der Waals surface area contributed by atoms with Crippen molar-refractivity contribution in [2.45, 2.75) is 0 Å². The largest absolute Gasteiger partial charge is 2.00 e. The van der Waals surface area contributed by atoms with E-state index in [1.807, 2.05) is 66.7 Å². The SMILES string of the molecule is C(#Cc1ccccc1)[C-]=Cc1ccccc1.C[PH+](C)CC[PH+](CC[PH+](C)C)CC[PH+](C)C.[Fe+2]. The maximum absolute atomic E-state index is 3.02. The normalized spacial score (nSPS) is 10.7. The van der Waals surface area contributed by atoms with Crippen LogP contribution in [0.3, 0.4) is 0 Å². The molecule has 0 nitrogen and oxygen atoms in total. The van der Waals surface area contributed by atoms with Crippen molar-refractivity contribution in [2.24, 2.45) is 0 Å². The first-order valence-corrected chi connectivity index (χ1v) is 22.0. The molecule has 0 aliphatic rings. The summed E-state index contributed by atoms with van der Waals surface area (Å²) < 4.78 is 0. The molecule has 0 saturated carbocycles. The van der Waals surface area contributed by atoms with Gasteiger partial charge in [0.1, 0.15) is 0 Å². The molecule has 5 heteroatoms. The van der Waals surface area contributed by atoms with Crippen LogP contribution >= 0.6 is 31.7 Å². The smallest absolute Gasteiger partial charge is 0.219 e. The number of allylic oxidation sites excluding steroid dienone is 1. The molecule has 0 aromatic heterocycles.